The van der Waals surface area contributed by atoms with Gasteiger partial charge in [-0.25, -0.2) is 4.79 Å². The molecular formula is C26H25NO4S. The van der Waals surface area contributed by atoms with Gasteiger partial charge in [-0.1, -0.05) is 49.7 Å². The Morgan fingerprint density at radius 3 is 2.38 bits per heavy atom. The topological polar surface area (TPSA) is 64.6 Å². The second-order valence-corrected chi connectivity index (χ2v) is 9.42. The molecule has 1 aromatic heterocycles. The Labute approximate surface area is 191 Å². The fourth-order valence-electron chi connectivity index (χ4n) is 4.79. The minimum Gasteiger partial charge on any atom is -0.465 e. The lowest BCUT2D eigenvalue weighted by Crippen LogP contribution is -2.25. The summed E-state index contributed by atoms with van der Waals surface area (Å²) in [5, 5.41) is 3.68. The first-order valence-electron chi connectivity index (χ1n) is 11.0. The summed E-state index contributed by atoms with van der Waals surface area (Å²) in [7, 11) is 1.39. The molecule has 164 valence electrons. The van der Waals surface area contributed by atoms with Crippen LogP contribution in [-0.2, 0) is 22.4 Å². The van der Waals surface area contributed by atoms with E-state index in [0.29, 0.717) is 28.0 Å². The number of esters is 1. The van der Waals surface area contributed by atoms with Crippen molar-refractivity contribution in [2.45, 2.75) is 38.5 Å². The molecule has 0 spiro atoms. The van der Waals surface area contributed by atoms with Crippen molar-refractivity contribution >= 4 is 28.2 Å². The van der Waals surface area contributed by atoms with Crippen LogP contribution in [0.5, 0.6) is 11.5 Å². The van der Waals surface area contributed by atoms with Gasteiger partial charge < -0.3 is 14.8 Å². The maximum atomic E-state index is 13.7. The fourth-order valence-corrected chi connectivity index (χ4v) is 6.14. The molecule has 6 heteroatoms. The third-order valence-electron chi connectivity index (χ3n) is 6.51. The molecule has 3 aromatic rings. The summed E-state index contributed by atoms with van der Waals surface area (Å²) < 4.78 is 11.1. The number of hydrogen-bond acceptors (Lipinski definition) is 5. The molecule has 1 atom stereocenters. The molecule has 2 aliphatic rings. The number of carbonyl (C=O) groups excluding carboxylic acids is 2. The number of anilines is 1. The highest BCUT2D eigenvalue weighted by atomic mass is 32.1. The third-order valence-corrected chi connectivity index (χ3v) is 7.68. The van der Waals surface area contributed by atoms with E-state index in [0.717, 1.165) is 42.4 Å². The van der Waals surface area contributed by atoms with Crippen LogP contribution in [0, 0.1) is 5.92 Å². The number of methoxy groups -OCH3 is 1. The van der Waals surface area contributed by atoms with Crippen molar-refractivity contribution < 1.29 is 19.1 Å². The number of thiophene rings is 1. The highest BCUT2D eigenvalue weighted by Crippen LogP contribution is 2.46. The summed E-state index contributed by atoms with van der Waals surface area (Å²) in [6.07, 6.45) is 3.95. The van der Waals surface area contributed by atoms with E-state index in [-0.39, 0.29) is 11.9 Å². The monoisotopic (exact) mass is 447 g/mol. The molecule has 5 rings (SSSR count). The van der Waals surface area contributed by atoms with Gasteiger partial charge in [0, 0.05) is 16.0 Å². The minimum atomic E-state index is -0.524. The number of amides is 1. The second-order valence-electron chi connectivity index (χ2n) is 8.32. The molecule has 1 aliphatic carbocycles. The molecule has 0 bridgehead atoms. The summed E-state index contributed by atoms with van der Waals surface area (Å²) in [4.78, 5) is 27.6. The third kappa shape index (κ3) is 3.48. The molecule has 0 radical (unpaired) electrons. The average Bonchev–Trinajstić information content (AvgIpc) is 3.18. The lowest BCUT2D eigenvalue weighted by molar-refractivity contribution is -0.116. The van der Waals surface area contributed by atoms with Crippen LogP contribution < -0.4 is 10.1 Å². The number of ether oxygens (including phenoxy) is 2. The lowest BCUT2D eigenvalue weighted by atomic mass is 9.85. The number of nitrogens with one attached hydrogen (secondary N) is 1. The van der Waals surface area contributed by atoms with E-state index in [1.807, 2.05) is 48.5 Å². The Balaban J connectivity index is 1.54. The van der Waals surface area contributed by atoms with Crippen LogP contribution in [0.4, 0.5) is 5.00 Å². The number of carbonyl (C=O) groups is 2. The van der Waals surface area contributed by atoms with Crippen molar-refractivity contribution in [1.29, 1.82) is 0 Å². The molecule has 1 N–H and O–H groups in total. The molecule has 1 aliphatic heterocycles. The van der Waals surface area contributed by atoms with Crippen LogP contribution in [0.15, 0.2) is 48.5 Å². The normalized spacial score (nSPS) is 16.9. The van der Waals surface area contributed by atoms with Gasteiger partial charge in [0.25, 0.3) is 0 Å². The standard InChI is InChI=1S/C26H25NO4S/c1-3-15-12-13-18-21(14-15)32-25(23(18)26(29)30-2)27-24(28)22-16-8-4-6-10-19(16)31-20-11-7-5-9-17(20)22/h4-11,15,22H,3,12-14H2,1-2H3,(H,27,28). The van der Waals surface area contributed by atoms with E-state index in [4.69, 9.17) is 9.47 Å². The van der Waals surface area contributed by atoms with Crippen LogP contribution in [0.3, 0.4) is 0 Å². The Morgan fingerprint density at radius 2 is 1.75 bits per heavy atom. The van der Waals surface area contributed by atoms with Gasteiger partial charge in [-0.2, -0.15) is 0 Å². The molecule has 5 nitrogen and oxygen atoms in total. The summed E-state index contributed by atoms with van der Waals surface area (Å²) in [5.41, 5.74) is 3.19. The number of fused-ring (bicyclic) bond motifs is 3. The van der Waals surface area contributed by atoms with Crippen molar-refractivity contribution in [3.8, 4) is 11.5 Å². The van der Waals surface area contributed by atoms with E-state index in [1.54, 1.807) is 0 Å². The summed E-state index contributed by atoms with van der Waals surface area (Å²) in [6.45, 7) is 2.20. The van der Waals surface area contributed by atoms with Gasteiger partial charge in [0.15, 0.2) is 0 Å². The Morgan fingerprint density at radius 1 is 1.09 bits per heavy atom. The van der Waals surface area contributed by atoms with Gasteiger partial charge in [-0.3, -0.25) is 4.79 Å². The predicted molar refractivity (Wildman–Crippen MR) is 125 cm³/mol. The first kappa shape index (κ1) is 20.8. The fraction of sp³-hybridized carbons (Fsp3) is 0.308. The number of rotatable bonds is 4. The maximum Gasteiger partial charge on any atom is 0.341 e. The molecule has 2 heterocycles. The van der Waals surface area contributed by atoms with Crippen molar-refractivity contribution in [2.75, 3.05) is 12.4 Å². The SMILES string of the molecule is CCC1CCc2c(sc(NC(=O)C3c4ccccc4Oc4ccccc43)c2C(=O)OC)C1. The number of para-hydroxylation sites is 2. The summed E-state index contributed by atoms with van der Waals surface area (Å²) >= 11 is 1.52. The molecule has 0 saturated heterocycles. The molecule has 32 heavy (non-hydrogen) atoms. The van der Waals surface area contributed by atoms with Gasteiger partial charge in [0.2, 0.25) is 5.91 Å². The zero-order valence-corrected chi connectivity index (χ0v) is 19.0. The summed E-state index contributed by atoms with van der Waals surface area (Å²) in [5.74, 6) is 0.879. The van der Waals surface area contributed by atoms with Gasteiger partial charge in [-0.15, -0.1) is 11.3 Å². The first-order valence-corrected chi connectivity index (χ1v) is 11.8. The van der Waals surface area contributed by atoms with Gasteiger partial charge in [0.1, 0.15) is 16.5 Å². The van der Waals surface area contributed by atoms with E-state index in [9.17, 15) is 9.59 Å². The maximum absolute atomic E-state index is 13.7. The largest absolute Gasteiger partial charge is 0.465 e. The highest BCUT2D eigenvalue weighted by Gasteiger charge is 2.35. The van der Waals surface area contributed by atoms with Crippen molar-refractivity contribution in [3.63, 3.8) is 0 Å². The van der Waals surface area contributed by atoms with Crippen LogP contribution in [0.25, 0.3) is 0 Å². The van der Waals surface area contributed by atoms with Gasteiger partial charge in [0.05, 0.1) is 18.6 Å². The quantitative estimate of drug-likeness (QED) is 0.504. The van der Waals surface area contributed by atoms with E-state index in [1.165, 1.54) is 23.3 Å². The molecule has 1 unspecified atom stereocenters. The molecule has 1 amide bonds. The van der Waals surface area contributed by atoms with Crippen molar-refractivity contribution in [3.05, 3.63) is 75.7 Å². The van der Waals surface area contributed by atoms with Crippen LogP contribution >= 0.6 is 11.3 Å². The Hall–Kier alpha value is -3.12. The van der Waals surface area contributed by atoms with Crippen LogP contribution in [0.2, 0.25) is 0 Å². The van der Waals surface area contributed by atoms with E-state index in [2.05, 4.69) is 12.2 Å². The number of hydrogen-bond donors (Lipinski definition) is 1. The molecule has 0 fully saturated rings. The molecular weight excluding hydrogens is 422 g/mol. The molecule has 2 aromatic carbocycles. The summed E-state index contributed by atoms with van der Waals surface area (Å²) in [6, 6.07) is 15.2. The highest BCUT2D eigenvalue weighted by molar-refractivity contribution is 7.17. The van der Waals surface area contributed by atoms with Gasteiger partial charge in [-0.05, 0) is 42.9 Å². The van der Waals surface area contributed by atoms with Gasteiger partial charge >= 0.3 is 5.97 Å². The Bertz CT molecular complexity index is 1150. The second kappa shape index (κ2) is 8.43. The lowest BCUT2D eigenvalue weighted by Gasteiger charge is -2.27. The average molecular weight is 448 g/mol. The van der Waals surface area contributed by atoms with Crippen molar-refractivity contribution in [2.24, 2.45) is 5.92 Å². The van der Waals surface area contributed by atoms with Crippen LogP contribution in [0.1, 0.15) is 57.6 Å². The zero-order valence-electron chi connectivity index (χ0n) is 18.1. The molecule has 0 saturated carbocycles. The van der Waals surface area contributed by atoms with Crippen molar-refractivity contribution in [1.82, 2.24) is 0 Å². The number of benzene rings is 2. The van der Waals surface area contributed by atoms with E-state index < -0.39 is 5.92 Å². The van der Waals surface area contributed by atoms with E-state index >= 15 is 0 Å². The Kier molecular flexibility index (Phi) is 5.47. The zero-order chi connectivity index (χ0) is 22.2. The first-order chi connectivity index (χ1) is 15.6. The van der Waals surface area contributed by atoms with Crippen LogP contribution in [-0.4, -0.2) is 19.0 Å². The minimum absolute atomic E-state index is 0.177. The smallest absolute Gasteiger partial charge is 0.341 e. The predicted octanol–water partition coefficient (Wildman–Crippen LogP) is 5.93.